The summed E-state index contributed by atoms with van der Waals surface area (Å²) in [4.78, 5) is 30.2. The molecule has 1 rings (SSSR count). The van der Waals surface area contributed by atoms with Gasteiger partial charge in [-0.15, -0.1) is 0 Å². The minimum atomic E-state index is -0.00620. The summed E-state index contributed by atoms with van der Waals surface area (Å²) >= 11 is 0. The predicted molar refractivity (Wildman–Crippen MR) is 84.9 cm³/mol. The Morgan fingerprint density at radius 1 is 1.05 bits per heavy atom. The fourth-order valence-electron chi connectivity index (χ4n) is 1.70. The van der Waals surface area contributed by atoms with Crippen LogP contribution in [0.1, 0.15) is 13.8 Å². The second-order valence-corrected chi connectivity index (χ2v) is 4.83. The van der Waals surface area contributed by atoms with Gasteiger partial charge in [-0.25, -0.2) is 0 Å². The molecule has 1 aromatic rings. The average molecular weight is 295 g/mol. The molecule has 0 aliphatic rings. The first kappa shape index (κ1) is 16.9. The van der Waals surface area contributed by atoms with E-state index in [1.54, 1.807) is 38.0 Å². The number of likely N-dealkylation sites (N-methyl/N-ethyl adjacent to an activating group) is 2. The molecule has 0 aliphatic carbocycles. The predicted octanol–water partition coefficient (Wildman–Crippen LogP) is 0.284. The summed E-state index contributed by atoms with van der Waals surface area (Å²) in [5, 5.41) is 2.93. The third-order valence-corrected chi connectivity index (χ3v) is 3.09. The van der Waals surface area contributed by atoms with Gasteiger partial charge in [-0.05, 0) is 13.8 Å². The van der Waals surface area contributed by atoms with Gasteiger partial charge in [0.15, 0.2) is 0 Å². The second-order valence-electron chi connectivity index (χ2n) is 4.83. The van der Waals surface area contributed by atoms with Gasteiger partial charge in [-0.2, -0.15) is 15.0 Å². The molecule has 0 aromatic carbocycles. The molecule has 0 fully saturated rings. The van der Waals surface area contributed by atoms with E-state index in [0.717, 1.165) is 13.1 Å². The highest BCUT2D eigenvalue weighted by Crippen LogP contribution is 2.15. The molecule has 8 heteroatoms. The highest BCUT2D eigenvalue weighted by molar-refractivity contribution is 5.80. The summed E-state index contributed by atoms with van der Waals surface area (Å²) < 4.78 is 0. The van der Waals surface area contributed by atoms with Crippen molar-refractivity contribution in [3.63, 3.8) is 0 Å². The maximum Gasteiger partial charge on any atom is 0.241 e. The molecule has 1 aromatic heterocycles. The molecule has 118 valence electrons. The first-order chi connectivity index (χ1) is 9.92. The Kier molecular flexibility index (Phi) is 6.13. The molecule has 0 unspecified atom stereocenters. The molecule has 0 radical (unpaired) electrons. The van der Waals surface area contributed by atoms with Crippen LogP contribution in [0.3, 0.4) is 0 Å². The maximum atomic E-state index is 11.8. The number of aromatic nitrogens is 3. The normalized spacial score (nSPS) is 10.2. The lowest BCUT2D eigenvalue weighted by atomic mass is 10.5. The molecule has 1 amide bonds. The third-order valence-electron chi connectivity index (χ3n) is 3.09. The number of nitrogens with zero attached hydrogens (tertiary/aromatic N) is 6. The Bertz CT molecular complexity index is 474. The van der Waals surface area contributed by atoms with Crippen LogP contribution < -0.4 is 15.1 Å². The number of carbonyl (C=O) groups excluding carboxylic acids is 1. The smallest absolute Gasteiger partial charge is 0.241 e. The van der Waals surface area contributed by atoms with Gasteiger partial charge in [0.2, 0.25) is 23.8 Å². The number of nitrogens with one attached hydrogen (secondary N) is 1. The van der Waals surface area contributed by atoms with Crippen molar-refractivity contribution in [3.05, 3.63) is 0 Å². The Morgan fingerprint density at radius 3 is 2.10 bits per heavy atom. The van der Waals surface area contributed by atoms with Gasteiger partial charge in [0.25, 0.3) is 0 Å². The maximum absolute atomic E-state index is 11.8. The number of hydrogen-bond acceptors (Lipinski definition) is 7. The van der Waals surface area contributed by atoms with E-state index < -0.39 is 0 Å². The van der Waals surface area contributed by atoms with Crippen molar-refractivity contribution in [2.45, 2.75) is 13.8 Å². The van der Waals surface area contributed by atoms with Gasteiger partial charge in [0.05, 0.1) is 6.54 Å². The van der Waals surface area contributed by atoms with Crippen molar-refractivity contribution in [3.8, 4) is 0 Å². The fourth-order valence-corrected chi connectivity index (χ4v) is 1.70. The molecule has 8 nitrogen and oxygen atoms in total. The Labute approximate surface area is 126 Å². The van der Waals surface area contributed by atoms with E-state index in [-0.39, 0.29) is 12.5 Å². The van der Waals surface area contributed by atoms with Crippen LogP contribution in [-0.4, -0.2) is 73.6 Å². The first-order valence-corrected chi connectivity index (χ1v) is 7.02. The zero-order valence-corrected chi connectivity index (χ0v) is 13.7. The summed E-state index contributed by atoms with van der Waals surface area (Å²) in [6.07, 6.45) is 0. The SMILES string of the molecule is CCN(CC)c1nc(NC)nc(N(C)CC(=O)N(C)C)n1. The van der Waals surface area contributed by atoms with E-state index in [2.05, 4.69) is 20.3 Å². The molecule has 1 heterocycles. The Morgan fingerprint density at radius 2 is 1.62 bits per heavy atom. The van der Waals surface area contributed by atoms with Crippen LogP contribution in [0.15, 0.2) is 0 Å². The van der Waals surface area contributed by atoms with Gasteiger partial charge < -0.3 is 20.0 Å². The summed E-state index contributed by atoms with van der Waals surface area (Å²) in [7, 11) is 7.01. The van der Waals surface area contributed by atoms with E-state index in [1.807, 2.05) is 18.7 Å². The number of carbonyl (C=O) groups is 1. The fraction of sp³-hybridized carbons (Fsp3) is 0.692. The summed E-state index contributed by atoms with van der Waals surface area (Å²) in [6, 6.07) is 0. The van der Waals surface area contributed by atoms with Crippen LogP contribution in [0.4, 0.5) is 17.8 Å². The number of rotatable bonds is 7. The molecule has 1 N–H and O–H groups in total. The number of hydrogen-bond donors (Lipinski definition) is 1. The van der Waals surface area contributed by atoms with Crippen LogP contribution in [0.25, 0.3) is 0 Å². The molecule has 0 saturated carbocycles. The van der Waals surface area contributed by atoms with Gasteiger partial charge in [-0.3, -0.25) is 4.79 Å². The van der Waals surface area contributed by atoms with Crippen LogP contribution in [-0.2, 0) is 4.79 Å². The van der Waals surface area contributed by atoms with Crippen molar-refractivity contribution in [1.29, 1.82) is 0 Å². The molecule has 21 heavy (non-hydrogen) atoms. The Balaban J connectivity index is 3.05. The van der Waals surface area contributed by atoms with E-state index >= 15 is 0 Å². The van der Waals surface area contributed by atoms with E-state index in [1.165, 1.54) is 0 Å². The van der Waals surface area contributed by atoms with Crippen molar-refractivity contribution in [1.82, 2.24) is 19.9 Å². The molecule has 0 spiro atoms. The Hall–Kier alpha value is -2.12. The third kappa shape index (κ3) is 4.44. The lowest BCUT2D eigenvalue weighted by Crippen LogP contribution is -2.35. The average Bonchev–Trinajstić information content (AvgIpc) is 2.47. The van der Waals surface area contributed by atoms with E-state index in [9.17, 15) is 4.79 Å². The summed E-state index contributed by atoms with van der Waals surface area (Å²) in [5.41, 5.74) is 0. The van der Waals surface area contributed by atoms with Crippen LogP contribution >= 0.6 is 0 Å². The lowest BCUT2D eigenvalue weighted by Gasteiger charge is -2.23. The number of anilines is 3. The number of amides is 1. The van der Waals surface area contributed by atoms with Crippen molar-refractivity contribution < 1.29 is 4.79 Å². The quantitative estimate of drug-likeness (QED) is 0.774. The van der Waals surface area contributed by atoms with E-state index in [0.29, 0.717) is 17.8 Å². The first-order valence-electron chi connectivity index (χ1n) is 7.02. The van der Waals surface area contributed by atoms with Gasteiger partial charge >= 0.3 is 0 Å². The van der Waals surface area contributed by atoms with Gasteiger partial charge in [0, 0.05) is 41.3 Å². The molecule has 0 saturated heterocycles. The second kappa shape index (κ2) is 7.61. The molecule has 0 bridgehead atoms. The van der Waals surface area contributed by atoms with Crippen LogP contribution in [0.2, 0.25) is 0 Å². The minimum Gasteiger partial charge on any atom is -0.357 e. The summed E-state index contributed by atoms with van der Waals surface area (Å²) in [5.74, 6) is 1.57. The lowest BCUT2D eigenvalue weighted by molar-refractivity contribution is -0.127. The highest BCUT2D eigenvalue weighted by Gasteiger charge is 2.16. The topological polar surface area (TPSA) is 77.5 Å². The molecular formula is C13H25N7O. The molecule has 0 atom stereocenters. The van der Waals surface area contributed by atoms with Crippen molar-refractivity contribution >= 4 is 23.8 Å². The summed E-state index contributed by atoms with van der Waals surface area (Å²) in [6.45, 7) is 5.93. The largest absolute Gasteiger partial charge is 0.357 e. The monoisotopic (exact) mass is 295 g/mol. The van der Waals surface area contributed by atoms with Crippen LogP contribution in [0.5, 0.6) is 0 Å². The van der Waals surface area contributed by atoms with Crippen molar-refractivity contribution in [2.24, 2.45) is 0 Å². The van der Waals surface area contributed by atoms with E-state index in [4.69, 9.17) is 0 Å². The highest BCUT2D eigenvalue weighted by atomic mass is 16.2. The standard InChI is InChI=1S/C13H25N7O/c1-7-20(8-2)13-16-11(14-3)15-12(17-13)19(6)9-10(21)18(4)5/h7-9H2,1-6H3,(H,14,15,16,17). The molecular weight excluding hydrogens is 270 g/mol. The zero-order chi connectivity index (χ0) is 16.0. The molecule has 0 aliphatic heterocycles. The zero-order valence-electron chi connectivity index (χ0n) is 13.7. The van der Waals surface area contributed by atoms with Crippen molar-refractivity contribution in [2.75, 3.05) is 62.9 Å². The minimum absolute atomic E-state index is 0.00620. The van der Waals surface area contributed by atoms with Crippen LogP contribution in [0, 0.1) is 0 Å². The van der Waals surface area contributed by atoms with Gasteiger partial charge in [0.1, 0.15) is 0 Å². The van der Waals surface area contributed by atoms with Gasteiger partial charge in [-0.1, -0.05) is 0 Å².